The fraction of sp³-hybridized carbons (Fsp3) is 0.548. The lowest BCUT2D eigenvalue weighted by Crippen LogP contribution is -2.33. The molecule has 0 fully saturated rings. The highest BCUT2D eigenvalue weighted by Gasteiger charge is 2.29. The molecule has 200 valence electrons. The van der Waals surface area contributed by atoms with Crippen molar-refractivity contribution in [2.24, 2.45) is 11.8 Å². The molecule has 0 aromatic carbocycles. The molecule has 2 aliphatic carbocycles. The first kappa shape index (κ1) is 30.0. The maximum atomic E-state index is 14.1. The van der Waals surface area contributed by atoms with Gasteiger partial charge in [-0.2, -0.15) is 0 Å². The third-order valence-electron chi connectivity index (χ3n) is 6.83. The minimum Gasteiger partial charge on any atom is -0.377 e. The van der Waals surface area contributed by atoms with E-state index in [1.54, 1.807) is 16.5 Å². The zero-order valence-corrected chi connectivity index (χ0v) is 24.3. The lowest BCUT2D eigenvalue weighted by atomic mass is 9.97. The third kappa shape index (κ3) is 8.12. The van der Waals surface area contributed by atoms with Gasteiger partial charge in [0, 0.05) is 32.3 Å². The molecule has 0 aromatic rings. The van der Waals surface area contributed by atoms with Crippen molar-refractivity contribution >= 4 is 10.0 Å². The van der Waals surface area contributed by atoms with Crippen LogP contribution >= 0.6 is 0 Å². The van der Waals surface area contributed by atoms with Crippen molar-refractivity contribution in [3.63, 3.8) is 0 Å². The Bertz CT molecular complexity index is 1030. The molecule has 4 nitrogen and oxygen atoms in total. The minimum atomic E-state index is -3.76. The van der Waals surface area contributed by atoms with Crippen molar-refractivity contribution in [3.8, 4) is 0 Å². The van der Waals surface area contributed by atoms with E-state index < -0.39 is 10.0 Å². The van der Waals surface area contributed by atoms with Crippen molar-refractivity contribution < 1.29 is 8.42 Å². The van der Waals surface area contributed by atoms with Crippen LogP contribution in [0.1, 0.15) is 79.6 Å². The summed E-state index contributed by atoms with van der Waals surface area (Å²) in [6.07, 6.45) is 22.6. The molecule has 2 aliphatic rings. The molecule has 0 amide bonds. The summed E-state index contributed by atoms with van der Waals surface area (Å²) in [5.41, 5.74) is 3.98. The fourth-order valence-corrected chi connectivity index (χ4v) is 6.63. The normalized spacial score (nSPS) is 16.5. The van der Waals surface area contributed by atoms with E-state index in [1.165, 1.54) is 31.3 Å². The van der Waals surface area contributed by atoms with Crippen LogP contribution in [-0.4, -0.2) is 37.8 Å². The maximum Gasteiger partial charge on any atom is 0.264 e. The monoisotopic (exact) mass is 512 g/mol. The second-order valence-electron chi connectivity index (χ2n) is 10.4. The molecular formula is C31H48N2O2S. The Morgan fingerprint density at radius 1 is 1.03 bits per heavy atom. The summed E-state index contributed by atoms with van der Waals surface area (Å²) in [5.74, 6) is 0.825. The fourth-order valence-electron chi connectivity index (χ4n) is 4.95. The first-order valence-corrected chi connectivity index (χ1v) is 15.2. The van der Waals surface area contributed by atoms with Gasteiger partial charge in [0.15, 0.2) is 0 Å². The highest BCUT2D eigenvalue weighted by Crippen LogP contribution is 2.30. The van der Waals surface area contributed by atoms with Crippen molar-refractivity contribution in [2.45, 2.75) is 79.6 Å². The summed E-state index contributed by atoms with van der Waals surface area (Å²) in [6, 6.07) is 0. The maximum absolute atomic E-state index is 14.1. The van der Waals surface area contributed by atoms with Crippen LogP contribution < -0.4 is 0 Å². The Kier molecular flexibility index (Phi) is 12.0. The summed E-state index contributed by atoms with van der Waals surface area (Å²) in [6.45, 7) is 16.2. The van der Waals surface area contributed by atoms with Crippen molar-refractivity contribution in [3.05, 3.63) is 82.6 Å². The zero-order chi connectivity index (χ0) is 26.7. The number of hydrogen-bond acceptors (Lipinski definition) is 3. The lowest BCUT2D eigenvalue weighted by Gasteiger charge is -2.29. The third-order valence-corrected chi connectivity index (χ3v) is 8.62. The Hall–Kier alpha value is -2.27. The van der Waals surface area contributed by atoms with Crippen molar-refractivity contribution in [1.29, 1.82) is 0 Å². The van der Waals surface area contributed by atoms with Gasteiger partial charge in [-0.05, 0) is 67.4 Å². The predicted molar refractivity (Wildman–Crippen MR) is 156 cm³/mol. The molecular weight excluding hydrogens is 464 g/mol. The zero-order valence-electron chi connectivity index (χ0n) is 23.5. The molecule has 0 bridgehead atoms. The quantitative estimate of drug-likeness (QED) is 0.238. The number of nitrogens with zero attached hydrogens (tertiary/aromatic N) is 2. The van der Waals surface area contributed by atoms with E-state index in [0.717, 1.165) is 36.4 Å². The Labute approximate surface area is 221 Å². The van der Waals surface area contributed by atoms with E-state index >= 15 is 0 Å². The number of rotatable bonds is 14. The van der Waals surface area contributed by atoms with Gasteiger partial charge in [-0.15, -0.1) is 0 Å². The summed E-state index contributed by atoms with van der Waals surface area (Å²) < 4.78 is 29.8. The van der Waals surface area contributed by atoms with E-state index in [-0.39, 0.29) is 5.92 Å². The SMILES string of the molecule is C=CC1=C(N(C)CC(CCC)CCC)CC=CC(S(=O)(=O)N(CC(C)C)C2=CC=CCC(CC)=C2)=C1. The molecule has 0 saturated carbocycles. The van der Waals surface area contributed by atoms with Gasteiger partial charge in [-0.3, -0.25) is 4.31 Å². The molecule has 2 rings (SSSR count). The largest absolute Gasteiger partial charge is 0.377 e. The second kappa shape index (κ2) is 14.5. The first-order chi connectivity index (χ1) is 17.2. The van der Waals surface area contributed by atoms with Crippen LogP contribution in [0.15, 0.2) is 82.6 Å². The first-order valence-electron chi connectivity index (χ1n) is 13.7. The Morgan fingerprint density at radius 3 is 2.31 bits per heavy atom. The van der Waals surface area contributed by atoms with E-state index in [9.17, 15) is 8.42 Å². The minimum absolute atomic E-state index is 0.187. The molecule has 0 heterocycles. The average molecular weight is 513 g/mol. The summed E-state index contributed by atoms with van der Waals surface area (Å²) in [7, 11) is -1.63. The smallest absolute Gasteiger partial charge is 0.264 e. The molecule has 0 spiro atoms. The average Bonchev–Trinajstić information content (AvgIpc) is 3.21. The van der Waals surface area contributed by atoms with Crippen LogP contribution in [0.4, 0.5) is 0 Å². The van der Waals surface area contributed by atoms with Crippen LogP contribution in [0, 0.1) is 11.8 Å². The molecule has 0 radical (unpaired) electrons. The molecule has 0 unspecified atom stereocenters. The van der Waals surface area contributed by atoms with Crippen molar-refractivity contribution in [1.82, 2.24) is 9.21 Å². The van der Waals surface area contributed by atoms with Crippen LogP contribution in [0.25, 0.3) is 0 Å². The van der Waals surface area contributed by atoms with Crippen LogP contribution in [0.2, 0.25) is 0 Å². The van der Waals surface area contributed by atoms with Gasteiger partial charge in [-0.1, -0.05) is 83.9 Å². The Balaban J connectivity index is 2.50. The van der Waals surface area contributed by atoms with Crippen LogP contribution in [0.5, 0.6) is 0 Å². The molecule has 5 heteroatoms. The van der Waals surface area contributed by atoms with Crippen molar-refractivity contribution in [2.75, 3.05) is 20.1 Å². The van der Waals surface area contributed by atoms with E-state index in [0.29, 0.717) is 23.8 Å². The van der Waals surface area contributed by atoms with Gasteiger partial charge < -0.3 is 4.90 Å². The topological polar surface area (TPSA) is 40.6 Å². The molecule has 0 saturated heterocycles. The number of allylic oxidation sites excluding steroid dienone is 10. The van der Waals surface area contributed by atoms with E-state index in [2.05, 4.69) is 59.2 Å². The van der Waals surface area contributed by atoms with Gasteiger partial charge in [0.05, 0.1) is 10.6 Å². The van der Waals surface area contributed by atoms with Gasteiger partial charge in [-0.25, -0.2) is 8.42 Å². The summed E-state index contributed by atoms with van der Waals surface area (Å²) >= 11 is 0. The highest BCUT2D eigenvalue weighted by molar-refractivity contribution is 7.93. The van der Waals surface area contributed by atoms with Gasteiger partial charge >= 0.3 is 0 Å². The molecule has 0 atom stereocenters. The Morgan fingerprint density at radius 2 is 1.72 bits per heavy atom. The van der Waals surface area contributed by atoms with Crippen LogP contribution in [0.3, 0.4) is 0 Å². The number of sulfonamides is 1. The highest BCUT2D eigenvalue weighted by atomic mass is 32.2. The van der Waals surface area contributed by atoms with Gasteiger partial charge in [0.1, 0.15) is 0 Å². The molecule has 0 aliphatic heterocycles. The standard InChI is InChI=1S/C31H48N2O2S/c1-8-15-27(16-9-2)24-32(7)31-20-14-19-30(22-28(31)11-4)36(34,35)33(23-25(5)6)29-18-13-12-17-26(10-3)21-29/h11-14,18-19,21-22,25,27H,4,8-10,15-17,20,23-24H2,1-3,5-7H3. The number of hydrogen-bond donors (Lipinski definition) is 0. The summed E-state index contributed by atoms with van der Waals surface area (Å²) in [4.78, 5) is 2.63. The van der Waals surface area contributed by atoms with Gasteiger partial charge in [0.2, 0.25) is 0 Å². The van der Waals surface area contributed by atoms with Crippen LogP contribution in [-0.2, 0) is 10.0 Å². The lowest BCUT2D eigenvalue weighted by molar-refractivity contribution is 0.298. The molecule has 0 N–H and O–H groups in total. The summed E-state index contributed by atoms with van der Waals surface area (Å²) in [5, 5.41) is 0. The van der Waals surface area contributed by atoms with E-state index in [1.807, 2.05) is 30.4 Å². The predicted octanol–water partition coefficient (Wildman–Crippen LogP) is 7.89. The second-order valence-corrected chi connectivity index (χ2v) is 12.3. The van der Waals surface area contributed by atoms with Gasteiger partial charge in [0.25, 0.3) is 10.0 Å². The molecule has 0 aromatic heterocycles. The molecule has 36 heavy (non-hydrogen) atoms. The van der Waals surface area contributed by atoms with E-state index in [4.69, 9.17) is 0 Å².